The molecule has 0 N–H and O–H groups in total. The third-order valence-corrected chi connectivity index (χ3v) is 4.30. The van der Waals surface area contributed by atoms with Crippen LogP contribution in [0.5, 0.6) is 0 Å². The summed E-state index contributed by atoms with van der Waals surface area (Å²) in [6.45, 7) is 4.34. The van der Waals surface area contributed by atoms with E-state index in [1.54, 1.807) is 12.1 Å². The molecule has 5 heteroatoms. The SMILES string of the molecule is CCCCC(CCCC)c1ccc(S(=O)(=O)[O-])cc1.[Na+]. The molecule has 1 aromatic carbocycles. The monoisotopic (exact) mass is 306 g/mol. The van der Waals surface area contributed by atoms with Gasteiger partial charge in [0.2, 0.25) is 0 Å². The van der Waals surface area contributed by atoms with Crippen LogP contribution in [0.4, 0.5) is 0 Å². The molecule has 108 valence electrons. The Labute approximate surface area is 145 Å². The summed E-state index contributed by atoms with van der Waals surface area (Å²) in [6, 6.07) is 6.45. The molecule has 0 heterocycles. The van der Waals surface area contributed by atoms with E-state index in [4.69, 9.17) is 0 Å². The molecule has 0 radical (unpaired) electrons. The average molecular weight is 306 g/mol. The van der Waals surface area contributed by atoms with Crippen molar-refractivity contribution in [3.05, 3.63) is 29.8 Å². The van der Waals surface area contributed by atoms with E-state index in [-0.39, 0.29) is 34.5 Å². The number of hydrogen-bond acceptors (Lipinski definition) is 3. The van der Waals surface area contributed by atoms with Gasteiger partial charge in [0.25, 0.3) is 0 Å². The van der Waals surface area contributed by atoms with Gasteiger partial charge in [0.05, 0.1) is 4.90 Å². The zero-order valence-electron chi connectivity index (χ0n) is 12.8. The molecule has 0 saturated carbocycles. The molecule has 0 saturated heterocycles. The molecule has 0 aliphatic carbocycles. The molecule has 0 amide bonds. The van der Waals surface area contributed by atoms with E-state index in [1.807, 2.05) is 0 Å². The van der Waals surface area contributed by atoms with Gasteiger partial charge >= 0.3 is 29.6 Å². The Hall–Kier alpha value is 0.130. The van der Waals surface area contributed by atoms with Crippen LogP contribution in [0.1, 0.15) is 63.9 Å². The van der Waals surface area contributed by atoms with E-state index in [0.29, 0.717) is 5.92 Å². The third kappa shape index (κ3) is 6.72. The van der Waals surface area contributed by atoms with Crippen molar-refractivity contribution in [1.82, 2.24) is 0 Å². The predicted molar refractivity (Wildman–Crippen MR) is 76.2 cm³/mol. The molecule has 1 rings (SSSR count). The fourth-order valence-electron chi connectivity index (χ4n) is 2.29. The van der Waals surface area contributed by atoms with E-state index >= 15 is 0 Å². The van der Waals surface area contributed by atoms with Crippen molar-refractivity contribution in [3.63, 3.8) is 0 Å². The van der Waals surface area contributed by atoms with Gasteiger partial charge in [-0.2, -0.15) is 0 Å². The Morgan fingerprint density at radius 1 is 1.00 bits per heavy atom. The molecule has 0 bridgehead atoms. The summed E-state index contributed by atoms with van der Waals surface area (Å²) in [6.07, 6.45) is 6.93. The molecular weight excluding hydrogens is 283 g/mol. The molecule has 0 spiro atoms. The van der Waals surface area contributed by atoms with Crippen LogP contribution < -0.4 is 29.6 Å². The van der Waals surface area contributed by atoms with Crippen LogP contribution in [0.25, 0.3) is 0 Å². The van der Waals surface area contributed by atoms with Gasteiger partial charge in [-0.15, -0.1) is 0 Å². The maximum absolute atomic E-state index is 10.9. The van der Waals surface area contributed by atoms with Crippen molar-refractivity contribution in [1.29, 1.82) is 0 Å². The second-order valence-corrected chi connectivity index (χ2v) is 6.38. The number of rotatable bonds is 8. The van der Waals surface area contributed by atoms with E-state index in [0.717, 1.165) is 31.2 Å². The molecule has 0 aliphatic heterocycles. The molecule has 3 nitrogen and oxygen atoms in total. The van der Waals surface area contributed by atoms with E-state index in [2.05, 4.69) is 13.8 Å². The van der Waals surface area contributed by atoms with Gasteiger partial charge in [-0.1, -0.05) is 51.7 Å². The van der Waals surface area contributed by atoms with Gasteiger partial charge in [0, 0.05) is 0 Å². The summed E-state index contributed by atoms with van der Waals surface area (Å²) in [5, 5.41) is 0. The molecule has 0 fully saturated rings. The Kier molecular flexibility index (Phi) is 10.0. The van der Waals surface area contributed by atoms with Crippen molar-refractivity contribution >= 4 is 10.1 Å². The first-order chi connectivity index (χ1) is 8.99. The molecule has 0 aliphatic rings. The minimum absolute atomic E-state index is 0. The summed E-state index contributed by atoms with van der Waals surface area (Å²) in [5.41, 5.74) is 1.15. The van der Waals surface area contributed by atoms with Crippen LogP contribution in [0, 0.1) is 0 Å². The summed E-state index contributed by atoms with van der Waals surface area (Å²) < 4.78 is 32.7. The second kappa shape index (κ2) is 9.96. The first-order valence-electron chi connectivity index (χ1n) is 7.04. The van der Waals surface area contributed by atoms with Crippen LogP contribution in [0.3, 0.4) is 0 Å². The van der Waals surface area contributed by atoms with Crippen LogP contribution in [0.15, 0.2) is 29.2 Å². The van der Waals surface area contributed by atoms with Gasteiger partial charge < -0.3 is 4.55 Å². The fraction of sp³-hybridized carbons (Fsp3) is 0.600. The second-order valence-electron chi connectivity index (χ2n) is 5.00. The minimum Gasteiger partial charge on any atom is -0.744 e. The molecule has 0 unspecified atom stereocenters. The summed E-state index contributed by atoms with van der Waals surface area (Å²) in [4.78, 5) is -0.138. The maximum atomic E-state index is 10.9. The summed E-state index contributed by atoms with van der Waals surface area (Å²) >= 11 is 0. The van der Waals surface area contributed by atoms with Gasteiger partial charge in [0.15, 0.2) is 0 Å². The van der Waals surface area contributed by atoms with Crippen LogP contribution in [0.2, 0.25) is 0 Å². The van der Waals surface area contributed by atoms with Crippen molar-refractivity contribution in [2.24, 2.45) is 0 Å². The fourth-order valence-corrected chi connectivity index (χ4v) is 2.75. The number of unbranched alkanes of at least 4 members (excludes halogenated alkanes) is 2. The van der Waals surface area contributed by atoms with Crippen molar-refractivity contribution < 1.29 is 42.5 Å². The van der Waals surface area contributed by atoms with Gasteiger partial charge in [-0.25, -0.2) is 8.42 Å². The molecule has 0 atom stereocenters. The van der Waals surface area contributed by atoms with Crippen LogP contribution >= 0.6 is 0 Å². The van der Waals surface area contributed by atoms with Gasteiger partial charge in [-0.3, -0.25) is 0 Å². The predicted octanol–water partition coefficient (Wildman–Crippen LogP) is 1.06. The van der Waals surface area contributed by atoms with E-state index in [1.165, 1.54) is 25.0 Å². The van der Waals surface area contributed by atoms with Crippen molar-refractivity contribution in [2.45, 2.75) is 63.2 Å². The normalized spacial score (nSPS) is 11.4. The van der Waals surface area contributed by atoms with Gasteiger partial charge in [-0.05, 0) is 36.5 Å². The van der Waals surface area contributed by atoms with Gasteiger partial charge in [0.1, 0.15) is 10.1 Å². The first-order valence-corrected chi connectivity index (χ1v) is 8.45. The largest absolute Gasteiger partial charge is 1.00 e. The number of benzene rings is 1. The topological polar surface area (TPSA) is 57.2 Å². The molecular formula is C15H23NaO3S. The summed E-state index contributed by atoms with van der Waals surface area (Å²) in [7, 11) is -4.33. The van der Waals surface area contributed by atoms with Crippen LogP contribution in [-0.2, 0) is 10.1 Å². The van der Waals surface area contributed by atoms with E-state index in [9.17, 15) is 13.0 Å². The Balaban J connectivity index is 0.00000361. The Morgan fingerprint density at radius 3 is 1.80 bits per heavy atom. The molecule has 20 heavy (non-hydrogen) atoms. The minimum atomic E-state index is -4.33. The smallest absolute Gasteiger partial charge is 0.744 e. The molecule has 1 aromatic rings. The first kappa shape index (κ1) is 20.1. The van der Waals surface area contributed by atoms with E-state index < -0.39 is 10.1 Å². The number of hydrogen-bond donors (Lipinski definition) is 0. The standard InChI is InChI=1S/C15H24O3S.Na/c1-3-5-7-13(8-6-4-2)14-9-11-15(12-10-14)19(16,17)18;/h9-13H,3-8H2,1-2H3,(H,16,17,18);/q;+1/p-1. The zero-order valence-corrected chi connectivity index (χ0v) is 15.6. The molecule has 0 aromatic heterocycles. The Bertz CT molecular complexity index is 460. The average Bonchev–Trinajstić information content (AvgIpc) is 2.38. The van der Waals surface area contributed by atoms with Crippen LogP contribution in [-0.4, -0.2) is 13.0 Å². The van der Waals surface area contributed by atoms with Crippen molar-refractivity contribution in [3.8, 4) is 0 Å². The Morgan fingerprint density at radius 2 is 1.45 bits per heavy atom. The maximum Gasteiger partial charge on any atom is 1.00 e. The quantitative estimate of drug-likeness (QED) is 0.533. The summed E-state index contributed by atoms with van der Waals surface area (Å²) in [5.74, 6) is 0.475. The van der Waals surface area contributed by atoms with Crippen molar-refractivity contribution in [2.75, 3.05) is 0 Å². The third-order valence-electron chi connectivity index (χ3n) is 3.45. The zero-order chi connectivity index (χ0) is 14.3.